The zero-order valence-electron chi connectivity index (χ0n) is 22.1. The molecule has 1 aromatic rings. The summed E-state index contributed by atoms with van der Waals surface area (Å²) in [6.07, 6.45) is 10.9. The van der Waals surface area contributed by atoms with Crippen LogP contribution in [0.4, 0.5) is 0 Å². The van der Waals surface area contributed by atoms with E-state index in [1.165, 1.54) is 30.4 Å². The number of ether oxygens (including phenoxy) is 1. The second kappa shape index (κ2) is 12.0. The molecule has 2 amide bonds. The maximum Gasteiger partial charge on any atom is 0.224 e. The minimum Gasteiger partial charge on any atom is -0.378 e. The van der Waals surface area contributed by atoms with Crippen molar-refractivity contribution in [3.05, 3.63) is 35.4 Å². The molecule has 2 heterocycles. The lowest BCUT2D eigenvalue weighted by molar-refractivity contribution is -0.140. The molecular formula is C30H42N4O3. The number of benzene rings is 1. The van der Waals surface area contributed by atoms with E-state index in [-0.39, 0.29) is 24.2 Å². The van der Waals surface area contributed by atoms with Crippen LogP contribution in [0.1, 0.15) is 81.4 Å². The van der Waals surface area contributed by atoms with Crippen LogP contribution in [-0.4, -0.2) is 66.5 Å². The Labute approximate surface area is 221 Å². The molecular weight excluding hydrogens is 464 g/mol. The Morgan fingerprint density at radius 2 is 1.86 bits per heavy atom. The van der Waals surface area contributed by atoms with Gasteiger partial charge in [0, 0.05) is 44.6 Å². The molecule has 200 valence electrons. The van der Waals surface area contributed by atoms with Crippen molar-refractivity contribution in [2.75, 3.05) is 39.4 Å². The van der Waals surface area contributed by atoms with Crippen LogP contribution in [0.2, 0.25) is 0 Å². The second-order valence-electron chi connectivity index (χ2n) is 11.6. The number of hydrogen-bond donors (Lipinski definition) is 1. The van der Waals surface area contributed by atoms with Crippen LogP contribution < -0.4 is 5.32 Å². The Balaban J connectivity index is 1.27. The number of fused-ring (bicyclic) bond motifs is 1. The standard InChI is InChI=1S/C30H42N4O3/c31-21-30(13-14-34(22-30)27-12-6-10-24-9-4-5-11-26(24)27)32-29(36)25(19-23-7-2-1-3-8-23)20-28(35)33-15-17-37-18-16-33/h4-5,9,11,23,25,27H,1-3,6-8,10,12-20,22H2,(H,32,36). The van der Waals surface area contributed by atoms with Crippen molar-refractivity contribution in [2.24, 2.45) is 11.8 Å². The fourth-order valence-electron chi connectivity index (χ4n) is 7.03. The van der Waals surface area contributed by atoms with Crippen LogP contribution in [0.3, 0.4) is 0 Å². The van der Waals surface area contributed by atoms with E-state index in [9.17, 15) is 14.9 Å². The van der Waals surface area contributed by atoms with E-state index in [1.807, 2.05) is 4.90 Å². The molecule has 0 spiro atoms. The Hall–Kier alpha value is -2.43. The van der Waals surface area contributed by atoms with Crippen LogP contribution >= 0.6 is 0 Å². The minimum absolute atomic E-state index is 0.0390. The third-order valence-electron chi connectivity index (χ3n) is 9.15. The van der Waals surface area contributed by atoms with E-state index >= 15 is 0 Å². The summed E-state index contributed by atoms with van der Waals surface area (Å²) in [6.45, 7) is 3.65. The van der Waals surface area contributed by atoms with Crippen LogP contribution in [0.25, 0.3) is 0 Å². The van der Waals surface area contributed by atoms with Gasteiger partial charge in [-0.3, -0.25) is 14.5 Å². The van der Waals surface area contributed by atoms with Crippen molar-refractivity contribution in [3.63, 3.8) is 0 Å². The van der Waals surface area contributed by atoms with Gasteiger partial charge in [0.1, 0.15) is 5.54 Å². The number of aryl methyl sites for hydroxylation is 1. The van der Waals surface area contributed by atoms with Crippen LogP contribution in [0.5, 0.6) is 0 Å². The predicted octanol–water partition coefficient (Wildman–Crippen LogP) is 3.98. The number of nitrogens with zero attached hydrogens (tertiary/aromatic N) is 3. The summed E-state index contributed by atoms with van der Waals surface area (Å²) in [5.74, 6) is 0.0312. The number of nitrogens with one attached hydrogen (secondary N) is 1. The van der Waals surface area contributed by atoms with E-state index < -0.39 is 5.54 Å². The summed E-state index contributed by atoms with van der Waals surface area (Å²) in [5.41, 5.74) is 1.89. The third-order valence-corrected chi connectivity index (χ3v) is 9.15. The average molecular weight is 507 g/mol. The van der Waals surface area contributed by atoms with Gasteiger partial charge in [-0.15, -0.1) is 0 Å². The molecule has 7 nitrogen and oxygen atoms in total. The molecule has 2 saturated heterocycles. The molecule has 0 bridgehead atoms. The minimum atomic E-state index is -0.893. The first-order valence-electron chi connectivity index (χ1n) is 14.5. The van der Waals surface area contributed by atoms with E-state index in [2.05, 4.69) is 40.6 Å². The highest BCUT2D eigenvalue weighted by molar-refractivity contribution is 5.86. The van der Waals surface area contributed by atoms with Gasteiger partial charge in [-0.05, 0) is 49.1 Å². The van der Waals surface area contributed by atoms with Crippen molar-refractivity contribution in [1.82, 2.24) is 15.1 Å². The quantitative estimate of drug-likeness (QED) is 0.605. The molecule has 0 aromatic heterocycles. The molecule has 1 saturated carbocycles. The van der Waals surface area contributed by atoms with Crippen molar-refractivity contribution >= 4 is 11.8 Å². The number of rotatable bonds is 7. The maximum atomic E-state index is 13.8. The topological polar surface area (TPSA) is 85.7 Å². The van der Waals surface area contributed by atoms with Crippen LogP contribution in [0.15, 0.2) is 24.3 Å². The molecule has 1 N–H and O–H groups in total. The molecule has 37 heavy (non-hydrogen) atoms. The average Bonchev–Trinajstić information content (AvgIpc) is 3.37. The van der Waals surface area contributed by atoms with Gasteiger partial charge in [0.25, 0.3) is 0 Å². The fourth-order valence-corrected chi connectivity index (χ4v) is 7.03. The zero-order chi connectivity index (χ0) is 25.7. The van der Waals surface area contributed by atoms with Crippen LogP contribution in [-0.2, 0) is 20.7 Å². The highest BCUT2D eigenvalue weighted by Gasteiger charge is 2.44. The highest BCUT2D eigenvalue weighted by Crippen LogP contribution is 2.38. The monoisotopic (exact) mass is 506 g/mol. The van der Waals surface area contributed by atoms with Gasteiger partial charge < -0.3 is 15.0 Å². The first-order chi connectivity index (χ1) is 18.1. The number of likely N-dealkylation sites (tertiary alicyclic amines) is 1. The highest BCUT2D eigenvalue weighted by atomic mass is 16.5. The lowest BCUT2D eigenvalue weighted by Gasteiger charge is -2.34. The summed E-state index contributed by atoms with van der Waals surface area (Å²) in [7, 11) is 0. The van der Waals surface area contributed by atoms with Gasteiger partial charge in [0.05, 0.1) is 19.3 Å². The van der Waals surface area contributed by atoms with Crippen molar-refractivity contribution < 1.29 is 14.3 Å². The maximum absolute atomic E-state index is 13.8. The predicted molar refractivity (Wildman–Crippen MR) is 141 cm³/mol. The van der Waals surface area contributed by atoms with Gasteiger partial charge in [-0.1, -0.05) is 56.4 Å². The SMILES string of the molecule is N#CC1(NC(=O)C(CC(=O)N2CCOCC2)CC2CCCCC2)CCN(C2CCCc3ccccc32)C1. The van der Waals surface area contributed by atoms with Crippen molar-refractivity contribution in [3.8, 4) is 6.07 Å². The smallest absolute Gasteiger partial charge is 0.224 e. The van der Waals surface area contributed by atoms with E-state index in [1.54, 1.807) is 0 Å². The number of amides is 2. The molecule has 4 aliphatic rings. The zero-order valence-corrected chi connectivity index (χ0v) is 22.1. The molecule has 5 rings (SSSR count). The molecule has 2 aliphatic carbocycles. The number of carbonyl (C=O) groups is 2. The molecule has 3 atom stereocenters. The van der Waals surface area contributed by atoms with Crippen LogP contribution in [0, 0.1) is 23.2 Å². The summed E-state index contributed by atoms with van der Waals surface area (Å²) in [6, 6.07) is 11.5. The van der Waals surface area contributed by atoms with E-state index in [0.29, 0.717) is 51.2 Å². The van der Waals surface area contributed by atoms with Crippen molar-refractivity contribution in [2.45, 2.75) is 82.2 Å². The van der Waals surface area contributed by atoms with Gasteiger partial charge in [0.2, 0.25) is 11.8 Å². The van der Waals surface area contributed by atoms with E-state index in [4.69, 9.17) is 4.74 Å². The lowest BCUT2D eigenvalue weighted by atomic mass is 9.81. The summed E-state index contributed by atoms with van der Waals surface area (Å²) < 4.78 is 5.41. The summed E-state index contributed by atoms with van der Waals surface area (Å²) in [5, 5.41) is 13.5. The lowest BCUT2D eigenvalue weighted by Crippen LogP contribution is -2.52. The Morgan fingerprint density at radius 1 is 1.08 bits per heavy atom. The third kappa shape index (κ3) is 6.18. The first-order valence-corrected chi connectivity index (χ1v) is 14.5. The van der Waals surface area contributed by atoms with Gasteiger partial charge >= 0.3 is 0 Å². The Bertz CT molecular complexity index is 995. The largest absolute Gasteiger partial charge is 0.378 e. The first kappa shape index (κ1) is 26.2. The number of morpholine rings is 1. The molecule has 3 unspecified atom stereocenters. The molecule has 3 fully saturated rings. The second-order valence-corrected chi connectivity index (χ2v) is 11.6. The molecule has 2 aliphatic heterocycles. The van der Waals surface area contributed by atoms with Gasteiger partial charge in [0.15, 0.2) is 0 Å². The molecule has 0 radical (unpaired) electrons. The number of nitriles is 1. The number of hydrogen-bond acceptors (Lipinski definition) is 5. The molecule has 7 heteroatoms. The Morgan fingerprint density at radius 3 is 2.65 bits per heavy atom. The van der Waals surface area contributed by atoms with Gasteiger partial charge in [-0.2, -0.15) is 5.26 Å². The summed E-state index contributed by atoms with van der Waals surface area (Å²) >= 11 is 0. The molecule has 1 aromatic carbocycles. The Kier molecular flexibility index (Phi) is 8.46. The summed E-state index contributed by atoms with van der Waals surface area (Å²) in [4.78, 5) is 31.1. The normalized spacial score (nSPS) is 27.8. The number of carbonyl (C=O) groups excluding carboxylic acids is 2. The fraction of sp³-hybridized carbons (Fsp3) is 0.700. The van der Waals surface area contributed by atoms with Crippen molar-refractivity contribution in [1.29, 1.82) is 5.26 Å². The van der Waals surface area contributed by atoms with E-state index in [0.717, 1.165) is 45.1 Å². The van der Waals surface area contributed by atoms with Gasteiger partial charge in [-0.25, -0.2) is 0 Å².